The highest BCUT2D eigenvalue weighted by molar-refractivity contribution is 9.11. The molecule has 1 heterocycles. The maximum absolute atomic E-state index is 4.16. The van der Waals surface area contributed by atoms with Crippen LogP contribution in [0.2, 0.25) is 0 Å². The van der Waals surface area contributed by atoms with E-state index >= 15 is 0 Å². The van der Waals surface area contributed by atoms with Gasteiger partial charge in [0.1, 0.15) is 0 Å². The van der Waals surface area contributed by atoms with Gasteiger partial charge in [0.25, 0.3) is 0 Å². The van der Waals surface area contributed by atoms with Crippen LogP contribution in [-0.4, -0.2) is 14.8 Å². The average Bonchev–Trinajstić information content (AvgIpc) is 2.08. The average molecular weight is 283 g/mol. The molecule has 1 aromatic heterocycles. The van der Waals surface area contributed by atoms with Crippen LogP contribution in [0.15, 0.2) is 9.47 Å². The van der Waals surface area contributed by atoms with Crippen LogP contribution in [0.4, 0.5) is 0 Å². The molecule has 0 spiro atoms. The molecule has 0 aliphatic carbocycles. The van der Waals surface area contributed by atoms with Gasteiger partial charge in [0.05, 0.1) is 5.54 Å². The standard InChI is InChI=1S/C6H9Br2N3/c1-6(2,3)11-5(8)9-4(7)10-11/h1-3H3. The normalized spacial score (nSPS) is 12.1. The quantitative estimate of drug-likeness (QED) is 0.732. The van der Waals surface area contributed by atoms with Crippen molar-refractivity contribution in [2.75, 3.05) is 0 Å². The van der Waals surface area contributed by atoms with Crippen molar-refractivity contribution in [1.82, 2.24) is 14.8 Å². The van der Waals surface area contributed by atoms with Crippen LogP contribution in [-0.2, 0) is 5.54 Å². The number of halogens is 2. The van der Waals surface area contributed by atoms with E-state index in [0.29, 0.717) is 4.73 Å². The molecular weight excluding hydrogens is 274 g/mol. The fourth-order valence-electron chi connectivity index (χ4n) is 0.696. The molecule has 3 nitrogen and oxygen atoms in total. The maximum atomic E-state index is 4.16. The summed E-state index contributed by atoms with van der Waals surface area (Å²) in [5.41, 5.74) is -0.0299. The van der Waals surface area contributed by atoms with Crippen molar-refractivity contribution in [3.63, 3.8) is 0 Å². The van der Waals surface area contributed by atoms with Crippen molar-refractivity contribution in [2.45, 2.75) is 26.3 Å². The summed E-state index contributed by atoms with van der Waals surface area (Å²) in [5.74, 6) is 0. The fraction of sp³-hybridized carbons (Fsp3) is 0.667. The van der Waals surface area contributed by atoms with E-state index in [-0.39, 0.29) is 5.54 Å². The van der Waals surface area contributed by atoms with Gasteiger partial charge in [-0.3, -0.25) is 0 Å². The zero-order chi connectivity index (χ0) is 8.65. The molecule has 0 N–H and O–H groups in total. The van der Waals surface area contributed by atoms with Crippen molar-refractivity contribution >= 4 is 31.9 Å². The molecule has 1 aromatic rings. The van der Waals surface area contributed by atoms with E-state index in [2.05, 4.69) is 62.7 Å². The highest BCUT2D eigenvalue weighted by Crippen LogP contribution is 2.20. The lowest BCUT2D eigenvalue weighted by Crippen LogP contribution is -2.23. The predicted octanol–water partition coefficient (Wildman–Crippen LogP) is 2.56. The second-order valence-electron chi connectivity index (χ2n) is 3.23. The Balaban J connectivity index is 3.13. The second kappa shape index (κ2) is 2.86. The first-order chi connectivity index (χ1) is 4.91. The topological polar surface area (TPSA) is 30.7 Å². The molecule has 0 bridgehead atoms. The molecule has 0 unspecified atom stereocenters. The maximum Gasteiger partial charge on any atom is 0.218 e. The van der Waals surface area contributed by atoms with Crippen molar-refractivity contribution in [2.24, 2.45) is 0 Å². The number of rotatable bonds is 0. The number of hydrogen-bond donors (Lipinski definition) is 0. The van der Waals surface area contributed by atoms with Crippen LogP contribution in [0, 0.1) is 0 Å². The Bertz CT molecular complexity index is 261. The summed E-state index contributed by atoms with van der Waals surface area (Å²) in [7, 11) is 0. The molecule has 0 atom stereocenters. The van der Waals surface area contributed by atoms with Crippen molar-refractivity contribution < 1.29 is 0 Å². The Hall–Kier alpha value is 0.1000. The molecule has 0 saturated carbocycles. The van der Waals surface area contributed by atoms with Gasteiger partial charge in [-0.15, -0.1) is 5.10 Å². The molecule has 62 valence electrons. The second-order valence-corrected chi connectivity index (χ2v) is 4.65. The van der Waals surface area contributed by atoms with Crippen LogP contribution >= 0.6 is 31.9 Å². The Morgan fingerprint density at radius 1 is 1.27 bits per heavy atom. The Morgan fingerprint density at radius 2 is 1.82 bits per heavy atom. The third kappa shape index (κ3) is 2.02. The molecule has 0 radical (unpaired) electrons. The van der Waals surface area contributed by atoms with Gasteiger partial charge < -0.3 is 0 Å². The summed E-state index contributed by atoms with van der Waals surface area (Å²) >= 11 is 6.51. The molecule has 0 aromatic carbocycles. The molecule has 0 saturated heterocycles. The van der Waals surface area contributed by atoms with E-state index in [9.17, 15) is 0 Å². The van der Waals surface area contributed by atoms with Crippen LogP contribution in [0.3, 0.4) is 0 Å². The Morgan fingerprint density at radius 3 is 2.00 bits per heavy atom. The number of hydrogen-bond acceptors (Lipinski definition) is 2. The minimum atomic E-state index is -0.0299. The summed E-state index contributed by atoms with van der Waals surface area (Å²) in [6.45, 7) is 6.20. The molecule has 0 fully saturated rings. The van der Waals surface area contributed by atoms with Gasteiger partial charge in [-0.2, -0.15) is 4.98 Å². The minimum absolute atomic E-state index is 0.0299. The smallest absolute Gasteiger partial charge is 0.218 e. The molecule has 1 rings (SSSR count). The van der Waals surface area contributed by atoms with Gasteiger partial charge in [-0.1, -0.05) is 0 Å². The van der Waals surface area contributed by atoms with E-state index in [1.165, 1.54) is 0 Å². The zero-order valence-corrected chi connectivity index (χ0v) is 9.77. The van der Waals surface area contributed by atoms with Gasteiger partial charge in [0.2, 0.25) is 4.73 Å². The highest BCUT2D eigenvalue weighted by atomic mass is 79.9. The summed E-state index contributed by atoms with van der Waals surface area (Å²) in [6.07, 6.45) is 0. The third-order valence-electron chi connectivity index (χ3n) is 1.18. The van der Waals surface area contributed by atoms with Gasteiger partial charge in [-0.05, 0) is 52.6 Å². The van der Waals surface area contributed by atoms with Crippen molar-refractivity contribution in [3.05, 3.63) is 9.47 Å². The summed E-state index contributed by atoms with van der Waals surface area (Å²) in [4.78, 5) is 4.06. The lowest BCUT2D eigenvalue weighted by Gasteiger charge is -2.18. The third-order valence-corrected chi connectivity index (χ3v) is 2.03. The molecule has 0 aliphatic heterocycles. The van der Waals surface area contributed by atoms with Crippen LogP contribution in [0.25, 0.3) is 0 Å². The van der Waals surface area contributed by atoms with Gasteiger partial charge in [0.15, 0.2) is 4.73 Å². The highest BCUT2D eigenvalue weighted by Gasteiger charge is 2.18. The predicted molar refractivity (Wildman–Crippen MR) is 50.4 cm³/mol. The van der Waals surface area contributed by atoms with E-state index in [1.54, 1.807) is 0 Å². The van der Waals surface area contributed by atoms with Crippen LogP contribution < -0.4 is 0 Å². The van der Waals surface area contributed by atoms with Gasteiger partial charge in [-0.25, -0.2) is 4.68 Å². The van der Waals surface area contributed by atoms with E-state index in [1.807, 2.05) is 4.68 Å². The van der Waals surface area contributed by atoms with E-state index < -0.39 is 0 Å². The molecule has 5 heteroatoms. The number of aromatic nitrogens is 3. The van der Waals surface area contributed by atoms with Gasteiger partial charge in [0, 0.05) is 0 Å². The molecule has 11 heavy (non-hydrogen) atoms. The van der Waals surface area contributed by atoms with Crippen molar-refractivity contribution in [3.8, 4) is 0 Å². The minimum Gasteiger partial charge on any atom is -0.234 e. The summed E-state index contributed by atoms with van der Waals surface area (Å²) in [5, 5.41) is 4.16. The Labute approximate surface area is 82.5 Å². The van der Waals surface area contributed by atoms with Crippen LogP contribution in [0.5, 0.6) is 0 Å². The van der Waals surface area contributed by atoms with Gasteiger partial charge >= 0.3 is 0 Å². The summed E-state index contributed by atoms with van der Waals surface area (Å²) in [6, 6.07) is 0. The first-order valence-corrected chi connectivity index (χ1v) is 4.78. The number of nitrogens with zero attached hydrogens (tertiary/aromatic N) is 3. The molecule has 0 aliphatic rings. The van der Waals surface area contributed by atoms with E-state index in [0.717, 1.165) is 4.73 Å². The zero-order valence-electron chi connectivity index (χ0n) is 6.60. The fourth-order valence-corrected chi connectivity index (χ4v) is 2.04. The van der Waals surface area contributed by atoms with Crippen molar-refractivity contribution in [1.29, 1.82) is 0 Å². The molecular formula is C6H9Br2N3. The van der Waals surface area contributed by atoms with Crippen LogP contribution in [0.1, 0.15) is 20.8 Å². The largest absolute Gasteiger partial charge is 0.234 e. The molecule has 0 amide bonds. The lowest BCUT2D eigenvalue weighted by atomic mass is 10.1. The first kappa shape index (κ1) is 9.19. The SMILES string of the molecule is CC(C)(C)n1nc(Br)nc1Br. The lowest BCUT2D eigenvalue weighted by molar-refractivity contribution is 0.346. The van der Waals surface area contributed by atoms with E-state index in [4.69, 9.17) is 0 Å². The Kier molecular flexibility index (Phi) is 2.39. The first-order valence-electron chi connectivity index (χ1n) is 3.20. The monoisotopic (exact) mass is 281 g/mol. The summed E-state index contributed by atoms with van der Waals surface area (Å²) < 4.78 is 3.17.